The van der Waals surface area contributed by atoms with Gasteiger partial charge in [0, 0.05) is 38.3 Å². The van der Waals surface area contributed by atoms with Gasteiger partial charge in [0.15, 0.2) is 5.84 Å². The highest BCUT2D eigenvalue weighted by Crippen LogP contribution is 2.40. The number of aliphatic imine (C=N–C) groups is 3. The summed E-state index contributed by atoms with van der Waals surface area (Å²) in [7, 11) is -1.90. The molecular formula is C21H28N6O4S. The SMILES string of the molecule is CCCN1C=NC2(c3ccccc3S(=O)(=O)N3CCN(C)CC3)C(=O)N=C(OCC)N=C12. The van der Waals surface area contributed by atoms with Crippen LogP contribution in [0.3, 0.4) is 0 Å². The third kappa shape index (κ3) is 3.63. The molecule has 3 heterocycles. The monoisotopic (exact) mass is 460 g/mol. The van der Waals surface area contributed by atoms with Gasteiger partial charge >= 0.3 is 6.02 Å². The van der Waals surface area contributed by atoms with Crippen LogP contribution in [0.1, 0.15) is 25.8 Å². The highest BCUT2D eigenvalue weighted by molar-refractivity contribution is 7.89. The predicted octanol–water partition coefficient (Wildman–Crippen LogP) is 0.903. The maximum atomic E-state index is 13.7. The zero-order valence-electron chi connectivity index (χ0n) is 18.6. The Morgan fingerprint density at radius 1 is 1.09 bits per heavy atom. The maximum absolute atomic E-state index is 13.7. The lowest BCUT2D eigenvalue weighted by Crippen LogP contribution is -2.50. The van der Waals surface area contributed by atoms with Gasteiger partial charge in [-0.05, 0) is 26.5 Å². The van der Waals surface area contributed by atoms with Crippen LogP contribution in [0.2, 0.25) is 0 Å². The summed E-state index contributed by atoms with van der Waals surface area (Å²) in [6, 6.07) is 6.49. The summed E-state index contributed by atoms with van der Waals surface area (Å²) in [5, 5.41) is 0. The van der Waals surface area contributed by atoms with Gasteiger partial charge in [-0.25, -0.2) is 13.4 Å². The number of carbonyl (C=O) groups is 1. The van der Waals surface area contributed by atoms with E-state index >= 15 is 0 Å². The minimum absolute atomic E-state index is 0.0332. The number of nitrogens with zero attached hydrogens (tertiary/aromatic N) is 6. The third-order valence-electron chi connectivity index (χ3n) is 5.79. The molecule has 11 heteroatoms. The van der Waals surface area contributed by atoms with E-state index in [0.29, 0.717) is 45.2 Å². The fourth-order valence-electron chi connectivity index (χ4n) is 4.12. The van der Waals surface area contributed by atoms with Crippen LogP contribution >= 0.6 is 0 Å². The molecule has 0 aliphatic carbocycles. The number of hydrogen-bond acceptors (Lipinski definition) is 8. The molecular weight excluding hydrogens is 432 g/mol. The smallest absolute Gasteiger partial charge is 0.321 e. The van der Waals surface area contributed by atoms with E-state index < -0.39 is 21.5 Å². The van der Waals surface area contributed by atoms with Gasteiger partial charge in [-0.1, -0.05) is 25.1 Å². The minimum atomic E-state index is -3.86. The summed E-state index contributed by atoms with van der Waals surface area (Å²) in [5.41, 5.74) is -1.39. The molecule has 3 aliphatic rings. The van der Waals surface area contributed by atoms with Crippen LogP contribution in [0.4, 0.5) is 0 Å². The van der Waals surface area contributed by atoms with Crippen molar-refractivity contribution in [2.75, 3.05) is 46.4 Å². The Morgan fingerprint density at radius 3 is 2.50 bits per heavy atom. The van der Waals surface area contributed by atoms with Crippen molar-refractivity contribution < 1.29 is 17.9 Å². The summed E-state index contributed by atoms with van der Waals surface area (Å²) in [6.45, 7) is 6.71. The number of sulfonamides is 1. The van der Waals surface area contributed by atoms with Crippen molar-refractivity contribution in [3.63, 3.8) is 0 Å². The number of carbonyl (C=O) groups excluding carboxylic acids is 1. The van der Waals surface area contributed by atoms with Gasteiger partial charge in [0.25, 0.3) is 5.91 Å². The Bertz CT molecular complexity index is 1090. The second kappa shape index (κ2) is 8.72. The van der Waals surface area contributed by atoms with Gasteiger partial charge in [-0.2, -0.15) is 14.3 Å². The van der Waals surface area contributed by atoms with Crippen LogP contribution in [-0.4, -0.2) is 93.0 Å². The van der Waals surface area contributed by atoms with Crippen LogP contribution in [0.15, 0.2) is 44.1 Å². The van der Waals surface area contributed by atoms with Gasteiger partial charge in [0.1, 0.15) is 0 Å². The lowest BCUT2D eigenvalue weighted by molar-refractivity contribution is -0.121. The molecule has 10 nitrogen and oxygen atoms in total. The Labute approximate surface area is 188 Å². The standard InChI is InChI=1S/C21H28N6O4S/c1-4-10-26-15-22-21(18(26)23-20(31-5-2)24-19(21)28)16-8-6-7-9-17(16)32(29,30)27-13-11-25(3)12-14-27/h6-9,15H,4-5,10-14H2,1-3H3. The molecule has 3 aliphatic heterocycles. The molecule has 32 heavy (non-hydrogen) atoms. The van der Waals surface area contributed by atoms with Crippen molar-refractivity contribution >= 4 is 34.1 Å². The summed E-state index contributed by atoms with van der Waals surface area (Å²) >= 11 is 0. The molecule has 1 saturated heterocycles. The van der Waals surface area contributed by atoms with E-state index in [1.54, 1.807) is 36.4 Å². The summed E-state index contributed by atoms with van der Waals surface area (Å²) < 4.78 is 34.2. The zero-order chi connectivity index (χ0) is 22.9. The number of amides is 1. The van der Waals surface area contributed by atoms with E-state index in [4.69, 9.17) is 4.74 Å². The number of likely N-dealkylation sites (N-methyl/N-ethyl adjacent to an activating group) is 1. The molecule has 1 fully saturated rings. The van der Waals surface area contributed by atoms with Crippen molar-refractivity contribution in [1.82, 2.24) is 14.1 Å². The number of fused-ring (bicyclic) bond motifs is 1. The van der Waals surface area contributed by atoms with E-state index in [1.165, 1.54) is 10.4 Å². The maximum Gasteiger partial charge on any atom is 0.321 e. The predicted molar refractivity (Wildman–Crippen MR) is 121 cm³/mol. The molecule has 0 bridgehead atoms. The minimum Gasteiger partial charge on any atom is -0.464 e. The van der Waals surface area contributed by atoms with E-state index in [2.05, 4.69) is 19.9 Å². The van der Waals surface area contributed by atoms with Gasteiger partial charge in [-0.3, -0.25) is 4.79 Å². The topological polar surface area (TPSA) is 107 Å². The fraction of sp³-hybridized carbons (Fsp3) is 0.524. The quantitative estimate of drug-likeness (QED) is 0.624. The van der Waals surface area contributed by atoms with Gasteiger partial charge in [-0.15, -0.1) is 0 Å². The van der Waals surface area contributed by atoms with Gasteiger partial charge in [0.05, 0.1) is 17.8 Å². The summed E-state index contributed by atoms with van der Waals surface area (Å²) in [6.07, 6.45) is 2.33. The molecule has 0 aromatic heterocycles. The number of amidine groups is 2. The zero-order valence-corrected chi connectivity index (χ0v) is 19.4. The van der Waals surface area contributed by atoms with Crippen molar-refractivity contribution in [2.45, 2.75) is 30.7 Å². The fourth-order valence-corrected chi connectivity index (χ4v) is 5.78. The number of ether oxygens (including phenoxy) is 1. The number of benzene rings is 1. The molecule has 0 radical (unpaired) electrons. The van der Waals surface area contributed by atoms with Crippen LogP contribution in [0.25, 0.3) is 0 Å². The lowest BCUT2D eigenvalue weighted by atomic mass is 9.87. The Kier molecular flexibility index (Phi) is 6.15. The second-order valence-corrected chi connectivity index (χ2v) is 9.83. The normalized spacial score (nSPS) is 24.3. The number of rotatable bonds is 6. The van der Waals surface area contributed by atoms with Crippen molar-refractivity contribution in [3.05, 3.63) is 29.8 Å². The Morgan fingerprint density at radius 2 is 1.81 bits per heavy atom. The first-order valence-corrected chi connectivity index (χ1v) is 12.2. The molecule has 0 N–H and O–H groups in total. The molecule has 0 spiro atoms. The van der Waals surface area contributed by atoms with E-state index in [9.17, 15) is 13.2 Å². The van der Waals surface area contributed by atoms with E-state index in [-0.39, 0.29) is 16.5 Å². The molecule has 4 rings (SSSR count). The third-order valence-corrected chi connectivity index (χ3v) is 7.75. The van der Waals surface area contributed by atoms with Crippen molar-refractivity contribution in [1.29, 1.82) is 0 Å². The molecule has 1 atom stereocenters. The molecule has 1 unspecified atom stereocenters. The van der Waals surface area contributed by atoms with Crippen LogP contribution in [0, 0.1) is 0 Å². The Balaban J connectivity index is 1.84. The molecule has 1 aromatic carbocycles. The van der Waals surface area contributed by atoms with Crippen molar-refractivity contribution in [2.24, 2.45) is 15.0 Å². The highest BCUT2D eigenvalue weighted by atomic mass is 32.2. The molecule has 1 aromatic rings. The lowest BCUT2D eigenvalue weighted by Gasteiger charge is -2.34. The van der Waals surface area contributed by atoms with E-state index in [1.807, 2.05) is 14.0 Å². The van der Waals surface area contributed by atoms with Crippen molar-refractivity contribution in [3.8, 4) is 0 Å². The van der Waals surface area contributed by atoms with Gasteiger partial charge in [0.2, 0.25) is 15.6 Å². The first-order chi connectivity index (χ1) is 15.3. The first-order valence-electron chi connectivity index (χ1n) is 10.8. The van der Waals surface area contributed by atoms with Crippen LogP contribution < -0.4 is 0 Å². The number of hydrogen-bond donors (Lipinski definition) is 0. The summed E-state index contributed by atoms with van der Waals surface area (Å²) in [4.78, 5) is 30.4. The second-order valence-electron chi connectivity index (χ2n) is 7.92. The first kappa shape index (κ1) is 22.6. The molecule has 172 valence electrons. The summed E-state index contributed by atoms with van der Waals surface area (Å²) in [5.74, 6) is -0.286. The van der Waals surface area contributed by atoms with E-state index in [0.717, 1.165) is 6.42 Å². The molecule has 1 amide bonds. The van der Waals surface area contributed by atoms with Crippen LogP contribution in [0.5, 0.6) is 0 Å². The Hall–Kier alpha value is -2.63. The highest BCUT2D eigenvalue weighted by Gasteiger charge is 2.55. The van der Waals surface area contributed by atoms with Gasteiger partial charge < -0.3 is 14.5 Å². The number of piperazine rings is 1. The average Bonchev–Trinajstić information content (AvgIpc) is 3.14. The molecule has 0 saturated carbocycles. The largest absolute Gasteiger partial charge is 0.464 e. The average molecular weight is 461 g/mol. The van der Waals surface area contributed by atoms with Crippen LogP contribution in [-0.2, 0) is 25.1 Å².